The summed E-state index contributed by atoms with van der Waals surface area (Å²) >= 11 is 0. The summed E-state index contributed by atoms with van der Waals surface area (Å²) in [6, 6.07) is 5.11. The topological polar surface area (TPSA) is 91.2 Å². The standard InChI is InChI=1S/C19H21N5O3/c1-11-12(2)24(13(3)22-11)19-20-9-14(10-21-19)23-18(25)15-7-6-8-16(26-4)17(15)27-5/h6-10H,1-5H3,(H,23,25). The average molecular weight is 367 g/mol. The fourth-order valence-electron chi connectivity index (χ4n) is 2.84. The van der Waals surface area contributed by atoms with E-state index in [0.717, 1.165) is 17.2 Å². The van der Waals surface area contributed by atoms with Crippen LogP contribution in [-0.2, 0) is 0 Å². The molecule has 0 unspecified atom stereocenters. The molecule has 0 aliphatic heterocycles. The van der Waals surface area contributed by atoms with Crippen molar-refractivity contribution in [1.82, 2.24) is 19.5 Å². The molecule has 8 heteroatoms. The molecule has 0 saturated heterocycles. The molecule has 8 nitrogen and oxygen atoms in total. The highest BCUT2D eigenvalue weighted by Crippen LogP contribution is 2.31. The predicted molar refractivity (Wildman–Crippen MR) is 101 cm³/mol. The van der Waals surface area contributed by atoms with Crippen molar-refractivity contribution in [1.29, 1.82) is 0 Å². The van der Waals surface area contributed by atoms with E-state index >= 15 is 0 Å². The van der Waals surface area contributed by atoms with Crippen molar-refractivity contribution in [2.24, 2.45) is 0 Å². The number of carbonyl (C=O) groups excluding carboxylic acids is 1. The van der Waals surface area contributed by atoms with Gasteiger partial charge in [0.1, 0.15) is 5.82 Å². The van der Waals surface area contributed by atoms with Gasteiger partial charge in [-0.15, -0.1) is 0 Å². The maximum absolute atomic E-state index is 12.6. The van der Waals surface area contributed by atoms with Crippen LogP contribution in [0, 0.1) is 20.8 Å². The summed E-state index contributed by atoms with van der Waals surface area (Å²) in [6.45, 7) is 5.80. The molecular weight excluding hydrogens is 346 g/mol. The van der Waals surface area contributed by atoms with Gasteiger partial charge in [-0.1, -0.05) is 6.07 Å². The molecule has 0 spiro atoms. The first-order valence-corrected chi connectivity index (χ1v) is 8.33. The number of para-hydroxylation sites is 1. The number of rotatable bonds is 5. The first-order valence-electron chi connectivity index (χ1n) is 8.33. The van der Waals surface area contributed by atoms with Crippen LogP contribution in [0.3, 0.4) is 0 Å². The van der Waals surface area contributed by atoms with E-state index in [1.54, 1.807) is 30.6 Å². The Morgan fingerprint density at radius 1 is 1.07 bits per heavy atom. The van der Waals surface area contributed by atoms with E-state index in [0.29, 0.717) is 28.7 Å². The molecule has 0 fully saturated rings. The molecule has 0 bridgehead atoms. The molecular formula is C19H21N5O3. The van der Waals surface area contributed by atoms with Gasteiger partial charge >= 0.3 is 0 Å². The normalized spacial score (nSPS) is 10.6. The highest BCUT2D eigenvalue weighted by atomic mass is 16.5. The highest BCUT2D eigenvalue weighted by molar-refractivity contribution is 6.06. The van der Waals surface area contributed by atoms with Gasteiger partial charge < -0.3 is 14.8 Å². The lowest BCUT2D eigenvalue weighted by Crippen LogP contribution is -2.14. The van der Waals surface area contributed by atoms with Crippen LogP contribution in [-0.4, -0.2) is 39.6 Å². The van der Waals surface area contributed by atoms with E-state index in [1.165, 1.54) is 14.2 Å². The van der Waals surface area contributed by atoms with Crippen LogP contribution < -0.4 is 14.8 Å². The second kappa shape index (κ2) is 7.45. The maximum Gasteiger partial charge on any atom is 0.259 e. The van der Waals surface area contributed by atoms with Crippen molar-refractivity contribution >= 4 is 11.6 Å². The Bertz CT molecular complexity index is 980. The fourth-order valence-corrected chi connectivity index (χ4v) is 2.84. The molecule has 3 aromatic rings. The molecule has 0 radical (unpaired) electrons. The van der Waals surface area contributed by atoms with E-state index in [9.17, 15) is 4.79 Å². The summed E-state index contributed by atoms with van der Waals surface area (Å²) in [5, 5.41) is 2.77. The summed E-state index contributed by atoms with van der Waals surface area (Å²) in [7, 11) is 3.01. The van der Waals surface area contributed by atoms with E-state index in [2.05, 4.69) is 20.3 Å². The first-order chi connectivity index (χ1) is 13.0. The number of hydrogen-bond donors (Lipinski definition) is 1. The highest BCUT2D eigenvalue weighted by Gasteiger charge is 2.17. The van der Waals surface area contributed by atoms with Crippen LogP contribution in [0.5, 0.6) is 11.5 Å². The molecule has 2 heterocycles. The molecule has 140 valence electrons. The largest absolute Gasteiger partial charge is 0.493 e. The number of nitrogens with one attached hydrogen (secondary N) is 1. The zero-order valence-electron chi connectivity index (χ0n) is 15.9. The minimum atomic E-state index is -0.340. The van der Waals surface area contributed by atoms with Gasteiger partial charge in [-0.2, -0.15) is 0 Å². The molecule has 2 aromatic heterocycles. The molecule has 0 aliphatic rings. The van der Waals surface area contributed by atoms with Gasteiger partial charge in [0.05, 0.1) is 43.6 Å². The lowest BCUT2D eigenvalue weighted by Gasteiger charge is -2.12. The number of carbonyl (C=O) groups is 1. The molecule has 1 N–H and O–H groups in total. The van der Waals surface area contributed by atoms with Crippen molar-refractivity contribution in [2.45, 2.75) is 20.8 Å². The van der Waals surface area contributed by atoms with Crippen LogP contribution in [0.4, 0.5) is 5.69 Å². The van der Waals surface area contributed by atoms with Crippen molar-refractivity contribution in [3.63, 3.8) is 0 Å². The Morgan fingerprint density at radius 2 is 1.78 bits per heavy atom. The molecule has 0 atom stereocenters. The number of aryl methyl sites for hydroxylation is 2. The summed E-state index contributed by atoms with van der Waals surface area (Å²) < 4.78 is 12.4. The molecule has 0 saturated carbocycles. The van der Waals surface area contributed by atoms with Gasteiger partial charge in [0.2, 0.25) is 5.95 Å². The third-order valence-electron chi connectivity index (χ3n) is 4.26. The van der Waals surface area contributed by atoms with E-state index in [-0.39, 0.29) is 5.91 Å². The van der Waals surface area contributed by atoms with Crippen molar-refractivity contribution in [3.05, 3.63) is 53.4 Å². The predicted octanol–water partition coefficient (Wildman–Crippen LogP) is 2.86. The van der Waals surface area contributed by atoms with Crippen molar-refractivity contribution in [2.75, 3.05) is 19.5 Å². The number of anilines is 1. The Kier molecular flexibility index (Phi) is 5.07. The molecule has 1 amide bonds. The lowest BCUT2D eigenvalue weighted by atomic mass is 10.1. The van der Waals surface area contributed by atoms with Gasteiger partial charge in [-0.25, -0.2) is 15.0 Å². The summed E-state index contributed by atoms with van der Waals surface area (Å²) in [6.07, 6.45) is 3.11. The number of ether oxygens (including phenoxy) is 2. The Balaban J connectivity index is 1.84. The number of aromatic nitrogens is 4. The average Bonchev–Trinajstić information content (AvgIpc) is 2.93. The van der Waals surface area contributed by atoms with Crippen LogP contribution in [0.2, 0.25) is 0 Å². The molecule has 1 aromatic carbocycles. The first kappa shape index (κ1) is 18.4. The fraction of sp³-hybridized carbons (Fsp3) is 0.263. The quantitative estimate of drug-likeness (QED) is 0.746. The summed E-state index contributed by atoms with van der Waals surface area (Å²) in [5.41, 5.74) is 2.74. The van der Waals surface area contributed by atoms with Gasteiger partial charge in [0, 0.05) is 5.69 Å². The zero-order chi connectivity index (χ0) is 19.6. The van der Waals surface area contributed by atoms with Crippen LogP contribution in [0.25, 0.3) is 5.95 Å². The maximum atomic E-state index is 12.6. The van der Waals surface area contributed by atoms with Gasteiger partial charge in [0.25, 0.3) is 5.91 Å². The minimum absolute atomic E-state index is 0.340. The van der Waals surface area contributed by atoms with E-state index < -0.39 is 0 Å². The lowest BCUT2D eigenvalue weighted by molar-refractivity contribution is 0.102. The SMILES string of the molecule is COc1cccc(C(=O)Nc2cnc(-n3c(C)nc(C)c3C)nc2)c1OC. The summed E-state index contributed by atoms with van der Waals surface area (Å²) in [5.74, 6) is 1.83. The smallest absolute Gasteiger partial charge is 0.259 e. The van der Waals surface area contributed by atoms with Gasteiger partial charge in [-0.3, -0.25) is 9.36 Å². The van der Waals surface area contributed by atoms with Gasteiger partial charge in [-0.05, 0) is 32.9 Å². The minimum Gasteiger partial charge on any atom is -0.493 e. The number of benzene rings is 1. The second-order valence-corrected chi connectivity index (χ2v) is 5.93. The molecule has 0 aliphatic carbocycles. The monoisotopic (exact) mass is 367 g/mol. The van der Waals surface area contributed by atoms with Crippen LogP contribution in [0.1, 0.15) is 27.6 Å². The Morgan fingerprint density at radius 3 is 2.33 bits per heavy atom. The molecule has 3 rings (SSSR count). The van der Waals surface area contributed by atoms with Crippen LogP contribution in [0.15, 0.2) is 30.6 Å². The third kappa shape index (κ3) is 3.46. The number of nitrogens with zero attached hydrogens (tertiary/aromatic N) is 4. The van der Waals surface area contributed by atoms with Crippen molar-refractivity contribution < 1.29 is 14.3 Å². The van der Waals surface area contributed by atoms with Crippen molar-refractivity contribution in [3.8, 4) is 17.4 Å². The number of imidazole rings is 1. The molecule has 27 heavy (non-hydrogen) atoms. The Hall–Kier alpha value is -3.42. The number of hydrogen-bond acceptors (Lipinski definition) is 6. The van der Waals surface area contributed by atoms with Crippen LogP contribution >= 0.6 is 0 Å². The Labute approximate surface area is 157 Å². The third-order valence-corrected chi connectivity index (χ3v) is 4.26. The number of amides is 1. The van der Waals surface area contributed by atoms with Gasteiger partial charge in [0.15, 0.2) is 11.5 Å². The summed E-state index contributed by atoms with van der Waals surface area (Å²) in [4.78, 5) is 25.7. The zero-order valence-corrected chi connectivity index (χ0v) is 15.9. The second-order valence-electron chi connectivity index (χ2n) is 5.93. The van der Waals surface area contributed by atoms with E-state index in [1.807, 2.05) is 25.3 Å². The van der Waals surface area contributed by atoms with E-state index in [4.69, 9.17) is 9.47 Å². The number of methoxy groups -OCH3 is 2.